The first kappa shape index (κ1) is 11.8. The lowest BCUT2D eigenvalue weighted by Crippen LogP contribution is -1.80. The molecule has 0 aliphatic carbocycles. The van der Waals surface area contributed by atoms with Crippen molar-refractivity contribution >= 4 is 0 Å². The highest BCUT2D eigenvalue weighted by Crippen LogP contribution is 2.34. The first-order chi connectivity index (χ1) is 9.24. The third-order valence-electron chi connectivity index (χ3n) is 3.25. The molecule has 1 heteroatoms. The molecule has 1 heterocycles. The summed E-state index contributed by atoms with van der Waals surface area (Å²) in [6.07, 6.45) is 0. The number of furan rings is 1. The van der Waals surface area contributed by atoms with E-state index in [0.29, 0.717) is 0 Å². The summed E-state index contributed by atoms with van der Waals surface area (Å²) in [5, 5.41) is 0. The van der Waals surface area contributed by atoms with Crippen molar-refractivity contribution in [3.63, 3.8) is 0 Å². The van der Waals surface area contributed by atoms with E-state index in [-0.39, 0.29) is 0 Å². The van der Waals surface area contributed by atoms with E-state index in [1.807, 2.05) is 25.1 Å². The van der Waals surface area contributed by atoms with Crippen LogP contribution in [0.25, 0.3) is 22.5 Å². The van der Waals surface area contributed by atoms with Gasteiger partial charge in [-0.3, -0.25) is 0 Å². The average Bonchev–Trinajstić information content (AvgIpc) is 2.83. The normalized spacial score (nSPS) is 10.6. The molecule has 3 aromatic rings. The van der Waals surface area contributed by atoms with Crippen molar-refractivity contribution in [3.8, 4) is 22.5 Å². The fourth-order valence-corrected chi connectivity index (χ4v) is 2.27. The van der Waals surface area contributed by atoms with Crippen LogP contribution < -0.4 is 0 Å². The number of hydrogen-bond donors (Lipinski definition) is 0. The van der Waals surface area contributed by atoms with Crippen LogP contribution in [0, 0.1) is 13.8 Å². The van der Waals surface area contributed by atoms with Crippen LogP contribution in [-0.2, 0) is 0 Å². The van der Waals surface area contributed by atoms with Gasteiger partial charge < -0.3 is 4.42 Å². The van der Waals surface area contributed by atoms with Gasteiger partial charge in [0.2, 0.25) is 0 Å². The summed E-state index contributed by atoms with van der Waals surface area (Å²) in [6.45, 7) is 4.09. The molecule has 94 valence electrons. The number of rotatable bonds is 2. The van der Waals surface area contributed by atoms with Gasteiger partial charge in [0, 0.05) is 11.1 Å². The Morgan fingerprint density at radius 3 is 2.11 bits per heavy atom. The standard InChI is InChI=1S/C18H16O/c1-13-8-10-15(11-9-13)17-12-14(2)19-18(17)16-6-4-3-5-7-16/h3-12H,1-2H3. The van der Waals surface area contributed by atoms with Crippen molar-refractivity contribution in [3.05, 3.63) is 72.0 Å². The summed E-state index contributed by atoms with van der Waals surface area (Å²) in [6, 6.07) is 20.9. The van der Waals surface area contributed by atoms with E-state index in [1.165, 1.54) is 11.1 Å². The Balaban J connectivity index is 2.15. The predicted molar refractivity (Wildman–Crippen MR) is 79.1 cm³/mol. The molecular weight excluding hydrogens is 232 g/mol. The minimum absolute atomic E-state index is 0.939. The van der Waals surface area contributed by atoms with E-state index in [4.69, 9.17) is 4.42 Å². The largest absolute Gasteiger partial charge is 0.461 e. The van der Waals surface area contributed by atoms with Crippen molar-refractivity contribution in [2.75, 3.05) is 0 Å². The molecule has 2 aromatic carbocycles. The van der Waals surface area contributed by atoms with Gasteiger partial charge in [-0.2, -0.15) is 0 Å². The van der Waals surface area contributed by atoms with Crippen LogP contribution in [0.5, 0.6) is 0 Å². The van der Waals surface area contributed by atoms with Crippen molar-refractivity contribution in [2.24, 2.45) is 0 Å². The lowest BCUT2D eigenvalue weighted by atomic mass is 10.0. The summed E-state index contributed by atoms with van der Waals surface area (Å²) in [5.41, 5.74) is 4.74. The predicted octanol–water partition coefficient (Wildman–Crippen LogP) is 5.23. The second-order valence-corrected chi connectivity index (χ2v) is 4.83. The second kappa shape index (κ2) is 4.77. The van der Waals surface area contributed by atoms with Gasteiger partial charge in [0.1, 0.15) is 11.5 Å². The van der Waals surface area contributed by atoms with E-state index in [0.717, 1.165) is 22.6 Å². The molecule has 0 saturated carbocycles. The third kappa shape index (κ3) is 2.32. The highest BCUT2D eigenvalue weighted by Gasteiger charge is 2.12. The maximum absolute atomic E-state index is 5.89. The van der Waals surface area contributed by atoms with Gasteiger partial charge in [0.15, 0.2) is 0 Å². The van der Waals surface area contributed by atoms with E-state index in [2.05, 4.69) is 49.4 Å². The Morgan fingerprint density at radius 1 is 0.737 bits per heavy atom. The average molecular weight is 248 g/mol. The van der Waals surface area contributed by atoms with Crippen molar-refractivity contribution in [2.45, 2.75) is 13.8 Å². The summed E-state index contributed by atoms with van der Waals surface area (Å²) in [4.78, 5) is 0. The molecule has 0 amide bonds. The molecule has 0 fully saturated rings. The molecule has 0 bridgehead atoms. The Labute approximate surface area is 113 Å². The summed E-state index contributed by atoms with van der Waals surface area (Å²) < 4.78 is 5.89. The van der Waals surface area contributed by atoms with E-state index in [9.17, 15) is 0 Å². The fraction of sp³-hybridized carbons (Fsp3) is 0.111. The van der Waals surface area contributed by atoms with Crippen LogP contribution in [0.1, 0.15) is 11.3 Å². The van der Waals surface area contributed by atoms with Crippen molar-refractivity contribution in [1.29, 1.82) is 0 Å². The molecule has 0 spiro atoms. The quantitative estimate of drug-likeness (QED) is 0.605. The number of benzene rings is 2. The zero-order chi connectivity index (χ0) is 13.2. The SMILES string of the molecule is Cc1ccc(-c2cc(C)oc2-c2ccccc2)cc1. The molecular formula is C18H16O. The highest BCUT2D eigenvalue weighted by molar-refractivity contribution is 5.80. The zero-order valence-electron chi connectivity index (χ0n) is 11.2. The molecule has 0 N–H and O–H groups in total. The summed E-state index contributed by atoms with van der Waals surface area (Å²) in [7, 11) is 0. The molecule has 0 radical (unpaired) electrons. The molecule has 0 atom stereocenters. The van der Waals surface area contributed by atoms with Crippen molar-refractivity contribution < 1.29 is 4.42 Å². The maximum Gasteiger partial charge on any atom is 0.142 e. The Kier molecular flexibility index (Phi) is 2.96. The second-order valence-electron chi connectivity index (χ2n) is 4.83. The van der Waals surface area contributed by atoms with Crippen LogP contribution in [-0.4, -0.2) is 0 Å². The van der Waals surface area contributed by atoms with Gasteiger partial charge >= 0.3 is 0 Å². The van der Waals surface area contributed by atoms with E-state index >= 15 is 0 Å². The fourth-order valence-electron chi connectivity index (χ4n) is 2.27. The maximum atomic E-state index is 5.89. The van der Waals surface area contributed by atoms with Gasteiger partial charge in [0.05, 0.1) is 0 Å². The molecule has 0 saturated heterocycles. The Morgan fingerprint density at radius 2 is 1.42 bits per heavy atom. The van der Waals surface area contributed by atoms with Gasteiger partial charge in [-0.1, -0.05) is 60.2 Å². The Hall–Kier alpha value is -2.28. The molecule has 1 aromatic heterocycles. The smallest absolute Gasteiger partial charge is 0.142 e. The molecule has 0 unspecified atom stereocenters. The lowest BCUT2D eigenvalue weighted by molar-refractivity contribution is 0.549. The van der Waals surface area contributed by atoms with Crippen LogP contribution in [0.3, 0.4) is 0 Å². The van der Waals surface area contributed by atoms with Gasteiger partial charge in [-0.15, -0.1) is 0 Å². The minimum Gasteiger partial charge on any atom is -0.461 e. The topological polar surface area (TPSA) is 13.1 Å². The third-order valence-corrected chi connectivity index (χ3v) is 3.25. The summed E-state index contributed by atoms with van der Waals surface area (Å²) >= 11 is 0. The summed E-state index contributed by atoms with van der Waals surface area (Å²) in [5.74, 6) is 1.89. The van der Waals surface area contributed by atoms with Crippen molar-refractivity contribution in [1.82, 2.24) is 0 Å². The Bertz CT molecular complexity index is 675. The monoisotopic (exact) mass is 248 g/mol. The lowest BCUT2D eigenvalue weighted by Gasteiger charge is -2.03. The first-order valence-corrected chi connectivity index (χ1v) is 6.47. The first-order valence-electron chi connectivity index (χ1n) is 6.47. The molecule has 0 aliphatic rings. The zero-order valence-corrected chi connectivity index (χ0v) is 11.2. The van der Waals surface area contributed by atoms with Crippen LogP contribution in [0.15, 0.2) is 65.1 Å². The number of aryl methyl sites for hydroxylation is 2. The molecule has 0 aliphatic heterocycles. The van der Waals surface area contributed by atoms with E-state index in [1.54, 1.807) is 0 Å². The molecule has 19 heavy (non-hydrogen) atoms. The molecule has 3 rings (SSSR count). The van der Waals surface area contributed by atoms with Gasteiger partial charge in [-0.05, 0) is 25.5 Å². The van der Waals surface area contributed by atoms with E-state index < -0.39 is 0 Å². The minimum atomic E-state index is 0.939. The van der Waals surface area contributed by atoms with Crippen LogP contribution >= 0.6 is 0 Å². The number of hydrogen-bond acceptors (Lipinski definition) is 1. The van der Waals surface area contributed by atoms with Crippen LogP contribution in [0.2, 0.25) is 0 Å². The van der Waals surface area contributed by atoms with Crippen LogP contribution in [0.4, 0.5) is 0 Å². The molecule has 1 nitrogen and oxygen atoms in total. The van der Waals surface area contributed by atoms with Gasteiger partial charge in [-0.25, -0.2) is 0 Å². The highest BCUT2D eigenvalue weighted by atomic mass is 16.3. The van der Waals surface area contributed by atoms with Gasteiger partial charge in [0.25, 0.3) is 0 Å².